The van der Waals surface area contributed by atoms with E-state index < -0.39 is 0 Å². The summed E-state index contributed by atoms with van der Waals surface area (Å²) in [5, 5.41) is 0. The molecular formula is C13H17BrN2S2. The zero-order chi connectivity index (χ0) is 13.3. The fraction of sp³-hybridized carbons (Fsp3) is 0.462. The van der Waals surface area contributed by atoms with Gasteiger partial charge in [0.15, 0.2) is 0 Å². The molecule has 0 spiro atoms. The Morgan fingerprint density at radius 3 is 2.83 bits per heavy atom. The average molecular weight is 345 g/mol. The predicted molar refractivity (Wildman–Crippen MR) is 88.8 cm³/mol. The Hall–Kier alpha value is -0.260. The molecule has 18 heavy (non-hydrogen) atoms. The van der Waals surface area contributed by atoms with Crippen LogP contribution in [0, 0.1) is 0 Å². The molecule has 0 aromatic heterocycles. The molecule has 1 aromatic carbocycles. The molecule has 0 saturated carbocycles. The summed E-state index contributed by atoms with van der Waals surface area (Å²) in [5.41, 5.74) is 7.96. The second kappa shape index (κ2) is 5.39. The lowest BCUT2D eigenvalue weighted by Gasteiger charge is -2.39. The van der Waals surface area contributed by atoms with Gasteiger partial charge in [-0.25, -0.2) is 0 Å². The Kier molecular flexibility index (Phi) is 4.24. The van der Waals surface area contributed by atoms with Crippen LogP contribution in [0.15, 0.2) is 22.7 Å². The van der Waals surface area contributed by atoms with Gasteiger partial charge in [-0.15, -0.1) is 0 Å². The normalized spacial score (nSPS) is 18.7. The van der Waals surface area contributed by atoms with Crippen LogP contribution in [0.2, 0.25) is 0 Å². The van der Waals surface area contributed by atoms with Crippen molar-refractivity contribution < 1.29 is 0 Å². The molecule has 1 aliphatic rings. The molecule has 2 rings (SSSR count). The van der Waals surface area contributed by atoms with Gasteiger partial charge in [-0.05, 0) is 41.9 Å². The number of thioether (sulfide) groups is 1. The number of anilines is 1. The quantitative estimate of drug-likeness (QED) is 0.832. The maximum atomic E-state index is 5.86. The largest absolute Gasteiger partial charge is 0.389 e. The topological polar surface area (TPSA) is 29.3 Å². The summed E-state index contributed by atoms with van der Waals surface area (Å²) in [7, 11) is 0. The highest BCUT2D eigenvalue weighted by Gasteiger charge is 2.28. The summed E-state index contributed by atoms with van der Waals surface area (Å²) in [6.45, 7) is 6.62. The molecule has 0 atom stereocenters. The molecular weight excluding hydrogens is 328 g/mol. The zero-order valence-corrected chi connectivity index (χ0v) is 13.8. The van der Waals surface area contributed by atoms with Gasteiger partial charge >= 0.3 is 0 Å². The molecule has 0 unspecified atom stereocenters. The van der Waals surface area contributed by atoms with Crippen LogP contribution in [0.1, 0.15) is 19.4 Å². The Bertz CT molecular complexity index is 474. The van der Waals surface area contributed by atoms with Crippen molar-refractivity contribution in [3.05, 3.63) is 28.2 Å². The molecule has 1 heterocycles. The van der Waals surface area contributed by atoms with Crippen LogP contribution in [0.4, 0.5) is 5.69 Å². The van der Waals surface area contributed by atoms with Crippen molar-refractivity contribution in [1.82, 2.24) is 0 Å². The smallest absolute Gasteiger partial charge is 0.107 e. The van der Waals surface area contributed by atoms with E-state index >= 15 is 0 Å². The van der Waals surface area contributed by atoms with Gasteiger partial charge in [0.25, 0.3) is 0 Å². The van der Waals surface area contributed by atoms with Gasteiger partial charge < -0.3 is 10.6 Å². The Balaban J connectivity index is 2.39. The standard InChI is InChI=1S/C13H17BrN2S2/c1-13(2)8-16(6-7-18-13)10-5-3-4-9(14)11(10)12(15)17/h3-5H,6-8H2,1-2H3,(H2,15,17). The van der Waals surface area contributed by atoms with E-state index in [2.05, 4.69) is 40.7 Å². The monoisotopic (exact) mass is 344 g/mol. The van der Waals surface area contributed by atoms with Gasteiger partial charge in [-0.2, -0.15) is 11.8 Å². The molecule has 2 nitrogen and oxygen atoms in total. The fourth-order valence-electron chi connectivity index (χ4n) is 2.24. The molecule has 0 bridgehead atoms. The lowest BCUT2D eigenvalue weighted by molar-refractivity contribution is 0.647. The van der Waals surface area contributed by atoms with E-state index in [-0.39, 0.29) is 4.75 Å². The minimum atomic E-state index is 0.272. The number of rotatable bonds is 2. The molecule has 1 saturated heterocycles. The van der Waals surface area contributed by atoms with Crippen LogP contribution >= 0.6 is 39.9 Å². The van der Waals surface area contributed by atoms with Crippen LogP contribution in [0.25, 0.3) is 0 Å². The van der Waals surface area contributed by atoms with Crippen molar-refractivity contribution in [3.63, 3.8) is 0 Å². The van der Waals surface area contributed by atoms with E-state index in [0.29, 0.717) is 4.99 Å². The zero-order valence-electron chi connectivity index (χ0n) is 10.6. The van der Waals surface area contributed by atoms with Crippen LogP contribution < -0.4 is 10.6 Å². The van der Waals surface area contributed by atoms with Crippen LogP contribution in [-0.2, 0) is 0 Å². The van der Waals surface area contributed by atoms with Gasteiger partial charge in [-0.1, -0.05) is 18.3 Å². The highest BCUT2D eigenvalue weighted by Crippen LogP contribution is 2.35. The summed E-state index contributed by atoms with van der Waals surface area (Å²) in [6.07, 6.45) is 0. The number of thiocarbonyl (C=S) groups is 1. The first-order valence-corrected chi connectivity index (χ1v) is 8.07. The van der Waals surface area contributed by atoms with Gasteiger partial charge in [0.2, 0.25) is 0 Å². The van der Waals surface area contributed by atoms with Gasteiger partial charge in [0.05, 0.1) is 0 Å². The molecule has 1 aromatic rings. The van der Waals surface area contributed by atoms with Crippen LogP contribution in [-0.4, -0.2) is 28.6 Å². The van der Waals surface area contributed by atoms with Crippen LogP contribution in [0.5, 0.6) is 0 Å². The van der Waals surface area contributed by atoms with E-state index in [0.717, 1.165) is 34.6 Å². The van der Waals surface area contributed by atoms with Gasteiger partial charge in [-0.3, -0.25) is 0 Å². The number of nitrogens with two attached hydrogens (primary N) is 1. The number of hydrogen-bond donors (Lipinski definition) is 1. The summed E-state index contributed by atoms with van der Waals surface area (Å²) < 4.78 is 1.25. The van der Waals surface area contributed by atoms with Crippen molar-refractivity contribution in [1.29, 1.82) is 0 Å². The highest BCUT2D eigenvalue weighted by atomic mass is 79.9. The van der Waals surface area contributed by atoms with E-state index in [1.54, 1.807) is 0 Å². The number of nitrogens with zero attached hydrogens (tertiary/aromatic N) is 1. The minimum absolute atomic E-state index is 0.272. The van der Waals surface area contributed by atoms with E-state index in [1.807, 2.05) is 23.9 Å². The maximum absolute atomic E-state index is 5.86. The Morgan fingerprint density at radius 2 is 2.22 bits per heavy atom. The first kappa shape index (κ1) is 14.2. The first-order valence-electron chi connectivity index (χ1n) is 5.88. The third-order valence-corrected chi connectivity index (χ3v) is 5.17. The SMILES string of the molecule is CC1(C)CN(c2cccc(Br)c2C(N)=S)CCS1. The lowest BCUT2D eigenvalue weighted by Crippen LogP contribution is -2.43. The van der Waals surface area contributed by atoms with Crippen molar-refractivity contribution in [3.8, 4) is 0 Å². The summed E-state index contributed by atoms with van der Waals surface area (Å²) in [6, 6.07) is 6.13. The molecule has 1 fully saturated rings. The third kappa shape index (κ3) is 3.00. The van der Waals surface area contributed by atoms with E-state index in [1.165, 1.54) is 0 Å². The van der Waals surface area contributed by atoms with Crippen molar-refractivity contribution in [2.75, 3.05) is 23.7 Å². The molecule has 0 amide bonds. The van der Waals surface area contributed by atoms with Crippen LogP contribution in [0.3, 0.4) is 0 Å². The summed E-state index contributed by atoms with van der Waals surface area (Å²) in [5.74, 6) is 1.14. The number of hydrogen-bond acceptors (Lipinski definition) is 3. The second-order valence-electron chi connectivity index (χ2n) is 5.03. The number of halogens is 1. The fourth-order valence-corrected chi connectivity index (χ4v) is 4.27. The average Bonchev–Trinajstić information content (AvgIpc) is 2.26. The van der Waals surface area contributed by atoms with E-state index in [9.17, 15) is 0 Å². The predicted octanol–water partition coefficient (Wildman–Crippen LogP) is 3.42. The minimum Gasteiger partial charge on any atom is -0.389 e. The lowest BCUT2D eigenvalue weighted by atomic mass is 10.1. The van der Waals surface area contributed by atoms with Crippen molar-refractivity contribution in [2.45, 2.75) is 18.6 Å². The Morgan fingerprint density at radius 1 is 1.50 bits per heavy atom. The third-order valence-electron chi connectivity index (χ3n) is 3.00. The maximum Gasteiger partial charge on any atom is 0.107 e. The number of benzene rings is 1. The molecule has 1 aliphatic heterocycles. The highest BCUT2D eigenvalue weighted by molar-refractivity contribution is 9.10. The first-order chi connectivity index (χ1) is 8.41. The Labute approximate surface area is 126 Å². The molecule has 2 N–H and O–H groups in total. The van der Waals surface area contributed by atoms with Gasteiger partial charge in [0.1, 0.15) is 4.99 Å². The van der Waals surface area contributed by atoms with Crippen molar-refractivity contribution in [2.24, 2.45) is 5.73 Å². The van der Waals surface area contributed by atoms with Crippen molar-refractivity contribution >= 4 is 50.6 Å². The second-order valence-corrected chi connectivity index (χ2v) is 8.12. The molecule has 5 heteroatoms. The summed E-state index contributed by atoms with van der Waals surface area (Å²) >= 11 is 10.7. The van der Waals surface area contributed by atoms with E-state index in [4.69, 9.17) is 18.0 Å². The molecule has 98 valence electrons. The molecule has 0 radical (unpaired) electrons. The summed E-state index contributed by atoms with van der Waals surface area (Å²) in [4.78, 5) is 2.84. The van der Waals surface area contributed by atoms with Gasteiger partial charge in [0, 0.05) is 39.3 Å². The molecule has 0 aliphatic carbocycles.